The molecule has 134 valence electrons. The standard InChI is InChI=1S/C19H31N3O2/c1-6-21(17-10-8-7-9-15(17)2)12-11-20-18(23)22-13-16(3)24-19(4,5)14-22/h7-10,16H,6,11-14H2,1-5H3,(H,20,23)/t16-/m1/s1. The summed E-state index contributed by atoms with van der Waals surface area (Å²) in [5, 5.41) is 3.05. The predicted molar refractivity (Wildman–Crippen MR) is 98.7 cm³/mol. The molecule has 1 aromatic carbocycles. The molecule has 2 amide bonds. The summed E-state index contributed by atoms with van der Waals surface area (Å²) in [4.78, 5) is 16.6. The molecule has 0 spiro atoms. The van der Waals surface area contributed by atoms with Crippen LogP contribution in [0.3, 0.4) is 0 Å². The number of nitrogens with zero attached hydrogens (tertiary/aromatic N) is 2. The average Bonchev–Trinajstić information content (AvgIpc) is 2.50. The van der Waals surface area contributed by atoms with E-state index in [0.717, 1.165) is 13.1 Å². The van der Waals surface area contributed by atoms with E-state index in [1.807, 2.05) is 25.7 Å². The van der Waals surface area contributed by atoms with E-state index in [-0.39, 0.29) is 17.7 Å². The molecule has 0 unspecified atom stereocenters. The van der Waals surface area contributed by atoms with Crippen molar-refractivity contribution in [3.8, 4) is 0 Å². The smallest absolute Gasteiger partial charge is 0.317 e. The third-order valence-corrected chi connectivity index (χ3v) is 4.35. The molecule has 1 heterocycles. The van der Waals surface area contributed by atoms with Crippen molar-refractivity contribution in [3.05, 3.63) is 29.8 Å². The van der Waals surface area contributed by atoms with Gasteiger partial charge in [0, 0.05) is 31.9 Å². The van der Waals surface area contributed by atoms with Crippen LogP contribution < -0.4 is 10.2 Å². The highest BCUT2D eigenvalue weighted by Crippen LogP contribution is 2.21. The van der Waals surface area contributed by atoms with Crippen LogP contribution >= 0.6 is 0 Å². The van der Waals surface area contributed by atoms with E-state index < -0.39 is 0 Å². The van der Waals surface area contributed by atoms with E-state index >= 15 is 0 Å². The first-order chi connectivity index (χ1) is 11.3. The summed E-state index contributed by atoms with van der Waals surface area (Å²) in [6.07, 6.45) is 0.0682. The molecule has 24 heavy (non-hydrogen) atoms. The molecule has 5 heteroatoms. The molecule has 1 saturated heterocycles. The van der Waals surface area contributed by atoms with Crippen molar-refractivity contribution in [1.29, 1.82) is 0 Å². The van der Waals surface area contributed by atoms with Crippen molar-refractivity contribution in [1.82, 2.24) is 10.2 Å². The van der Waals surface area contributed by atoms with Crippen molar-refractivity contribution in [2.24, 2.45) is 0 Å². The number of carbonyl (C=O) groups is 1. The summed E-state index contributed by atoms with van der Waals surface area (Å²) in [5.41, 5.74) is 2.20. The van der Waals surface area contributed by atoms with Crippen molar-refractivity contribution >= 4 is 11.7 Å². The molecule has 1 fully saturated rings. The Bertz CT molecular complexity index is 559. The Morgan fingerprint density at radius 2 is 2.12 bits per heavy atom. The topological polar surface area (TPSA) is 44.8 Å². The highest BCUT2D eigenvalue weighted by atomic mass is 16.5. The number of hydrogen-bond acceptors (Lipinski definition) is 3. The molecule has 5 nitrogen and oxygen atoms in total. The van der Waals surface area contributed by atoms with E-state index in [4.69, 9.17) is 4.74 Å². The van der Waals surface area contributed by atoms with Gasteiger partial charge < -0.3 is 19.9 Å². The molecule has 1 atom stereocenters. The van der Waals surface area contributed by atoms with Crippen LogP contribution in [0.25, 0.3) is 0 Å². The molecule has 1 aromatic rings. The minimum atomic E-state index is -0.286. The molecule has 1 aliphatic rings. The molecular formula is C19H31N3O2. The minimum Gasteiger partial charge on any atom is -0.370 e. The van der Waals surface area contributed by atoms with Gasteiger partial charge in [-0.1, -0.05) is 18.2 Å². The number of anilines is 1. The maximum absolute atomic E-state index is 12.4. The van der Waals surface area contributed by atoms with Gasteiger partial charge in [-0.15, -0.1) is 0 Å². The second kappa shape index (κ2) is 7.88. The maximum Gasteiger partial charge on any atom is 0.317 e. The number of amides is 2. The first kappa shape index (κ1) is 18.6. The van der Waals surface area contributed by atoms with Gasteiger partial charge in [0.05, 0.1) is 18.2 Å². The van der Waals surface area contributed by atoms with E-state index in [2.05, 4.69) is 48.3 Å². The average molecular weight is 333 g/mol. The third-order valence-electron chi connectivity index (χ3n) is 4.35. The molecule has 0 radical (unpaired) electrons. The number of morpholine rings is 1. The molecule has 1 N–H and O–H groups in total. The molecule has 0 aliphatic carbocycles. The zero-order valence-electron chi connectivity index (χ0n) is 15.6. The molecule has 1 aliphatic heterocycles. The summed E-state index contributed by atoms with van der Waals surface area (Å²) in [6.45, 7) is 13.9. The van der Waals surface area contributed by atoms with Crippen molar-refractivity contribution in [2.45, 2.75) is 46.3 Å². The normalized spacial score (nSPS) is 19.9. The Morgan fingerprint density at radius 3 is 2.75 bits per heavy atom. The molecule has 0 saturated carbocycles. The zero-order chi connectivity index (χ0) is 17.7. The Kier molecular flexibility index (Phi) is 6.10. The quantitative estimate of drug-likeness (QED) is 0.901. The Labute approximate surface area is 146 Å². The highest BCUT2D eigenvalue weighted by Gasteiger charge is 2.33. The fourth-order valence-electron chi connectivity index (χ4n) is 3.39. The van der Waals surface area contributed by atoms with Crippen LogP contribution in [0.4, 0.5) is 10.5 Å². The molecule has 2 rings (SSSR count). The second-order valence-electron chi connectivity index (χ2n) is 7.17. The number of aryl methyl sites for hydroxylation is 1. The van der Waals surface area contributed by atoms with E-state index in [1.165, 1.54) is 11.3 Å². The van der Waals surface area contributed by atoms with Gasteiger partial charge in [0.15, 0.2) is 0 Å². The number of rotatable bonds is 5. The van der Waals surface area contributed by atoms with Crippen LogP contribution in [0.15, 0.2) is 24.3 Å². The van der Waals surface area contributed by atoms with Crippen molar-refractivity contribution in [2.75, 3.05) is 37.6 Å². The summed E-state index contributed by atoms with van der Waals surface area (Å²) < 4.78 is 5.86. The van der Waals surface area contributed by atoms with E-state index in [0.29, 0.717) is 19.6 Å². The van der Waals surface area contributed by atoms with Crippen LogP contribution in [-0.4, -0.2) is 55.4 Å². The maximum atomic E-state index is 12.4. The van der Waals surface area contributed by atoms with Gasteiger partial charge in [0.2, 0.25) is 0 Å². The number of benzene rings is 1. The second-order valence-corrected chi connectivity index (χ2v) is 7.17. The van der Waals surface area contributed by atoms with Gasteiger partial charge in [-0.2, -0.15) is 0 Å². The van der Waals surface area contributed by atoms with Crippen LogP contribution in [0.2, 0.25) is 0 Å². The van der Waals surface area contributed by atoms with Gasteiger partial charge in [-0.05, 0) is 46.2 Å². The number of nitrogens with one attached hydrogen (secondary N) is 1. The number of likely N-dealkylation sites (N-methyl/N-ethyl adjacent to an activating group) is 1. The SMILES string of the molecule is CCN(CCNC(=O)N1C[C@@H](C)OC(C)(C)C1)c1ccccc1C. The zero-order valence-corrected chi connectivity index (χ0v) is 15.6. The van der Waals surface area contributed by atoms with Crippen LogP contribution in [0.5, 0.6) is 0 Å². The lowest BCUT2D eigenvalue weighted by molar-refractivity contribution is -0.117. The number of carbonyl (C=O) groups excluding carboxylic acids is 1. The largest absolute Gasteiger partial charge is 0.370 e. The van der Waals surface area contributed by atoms with Gasteiger partial charge in [0.1, 0.15) is 0 Å². The number of ether oxygens (including phenoxy) is 1. The number of urea groups is 1. The summed E-state index contributed by atoms with van der Waals surface area (Å²) >= 11 is 0. The van der Waals surface area contributed by atoms with Gasteiger partial charge >= 0.3 is 6.03 Å². The Balaban J connectivity index is 1.86. The lowest BCUT2D eigenvalue weighted by atomic mass is 10.1. The molecule has 0 bridgehead atoms. The number of hydrogen-bond donors (Lipinski definition) is 1. The van der Waals surface area contributed by atoms with Crippen LogP contribution in [-0.2, 0) is 4.74 Å². The fraction of sp³-hybridized carbons (Fsp3) is 0.632. The van der Waals surface area contributed by atoms with Gasteiger partial charge in [-0.3, -0.25) is 0 Å². The lowest BCUT2D eigenvalue weighted by Crippen LogP contribution is -2.56. The Hall–Kier alpha value is -1.75. The van der Waals surface area contributed by atoms with Crippen molar-refractivity contribution in [3.63, 3.8) is 0 Å². The van der Waals surface area contributed by atoms with Gasteiger partial charge in [-0.25, -0.2) is 4.79 Å². The molecule has 0 aromatic heterocycles. The van der Waals surface area contributed by atoms with Gasteiger partial charge in [0.25, 0.3) is 0 Å². The fourth-order valence-corrected chi connectivity index (χ4v) is 3.39. The summed E-state index contributed by atoms with van der Waals surface area (Å²) in [6, 6.07) is 8.36. The number of para-hydroxylation sites is 1. The Morgan fingerprint density at radius 1 is 1.42 bits per heavy atom. The molecular weight excluding hydrogens is 302 g/mol. The van der Waals surface area contributed by atoms with E-state index in [9.17, 15) is 4.79 Å². The monoisotopic (exact) mass is 333 g/mol. The first-order valence-electron chi connectivity index (χ1n) is 8.83. The lowest BCUT2D eigenvalue weighted by Gasteiger charge is -2.41. The summed E-state index contributed by atoms with van der Waals surface area (Å²) in [7, 11) is 0. The predicted octanol–water partition coefficient (Wildman–Crippen LogP) is 3.03. The third kappa shape index (κ3) is 4.87. The van der Waals surface area contributed by atoms with Crippen molar-refractivity contribution < 1.29 is 9.53 Å². The van der Waals surface area contributed by atoms with Crippen LogP contribution in [0.1, 0.15) is 33.3 Å². The highest BCUT2D eigenvalue weighted by molar-refractivity contribution is 5.74. The summed E-state index contributed by atoms with van der Waals surface area (Å²) in [5.74, 6) is 0. The van der Waals surface area contributed by atoms with Crippen LogP contribution in [0, 0.1) is 6.92 Å². The minimum absolute atomic E-state index is 0.000869. The first-order valence-corrected chi connectivity index (χ1v) is 8.83. The van der Waals surface area contributed by atoms with E-state index in [1.54, 1.807) is 0 Å².